The summed E-state index contributed by atoms with van der Waals surface area (Å²) in [4.78, 5) is 11.1. The van der Waals surface area contributed by atoms with E-state index in [1.165, 1.54) is 0 Å². The van der Waals surface area contributed by atoms with Crippen molar-refractivity contribution >= 4 is 27.5 Å². The smallest absolute Gasteiger partial charge is 0.277 e. The van der Waals surface area contributed by atoms with Gasteiger partial charge in [0.2, 0.25) is 0 Å². The zero-order valence-corrected chi connectivity index (χ0v) is 14.9. The maximum absolute atomic E-state index is 11.5. The van der Waals surface area contributed by atoms with Gasteiger partial charge in [-0.05, 0) is 42.0 Å². The molecule has 4 nitrogen and oxygen atoms in total. The highest BCUT2D eigenvalue weighted by molar-refractivity contribution is 6.10. The molecule has 0 spiro atoms. The van der Waals surface area contributed by atoms with Crippen molar-refractivity contribution in [2.24, 2.45) is 0 Å². The van der Waals surface area contributed by atoms with Gasteiger partial charge in [0.15, 0.2) is 0 Å². The number of rotatable bonds is 3. The number of aromatic nitrogens is 1. The fourth-order valence-corrected chi connectivity index (χ4v) is 3.87. The molecule has 134 valence electrons. The first-order valence-electron chi connectivity index (χ1n) is 9.06. The van der Waals surface area contributed by atoms with Gasteiger partial charge in [-0.15, -0.1) is 0 Å². The lowest BCUT2D eigenvalue weighted by Gasteiger charge is -2.08. The second-order valence-corrected chi connectivity index (χ2v) is 6.69. The summed E-state index contributed by atoms with van der Waals surface area (Å²) in [5.74, 6) is 0. The Morgan fingerprint density at radius 2 is 1.36 bits per heavy atom. The molecule has 0 aliphatic heterocycles. The van der Waals surface area contributed by atoms with E-state index in [4.69, 9.17) is 0 Å². The standard InChI is InChI=1S/C24H16N2O2/c27-26(28)24-13-7-4-10-19(24)17-14-15-23-21(16-17)20-11-5-6-12-22(20)25(23)18-8-2-1-3-9-18/h1-16H. The quantitative estimate of drug-likeness (QED) is 0.276. The van der Waals surface area contributed by atoms with Crippen molar-refractivity contribution in [2.45, 2.75) is 0 Å². The largest absolute Gasteiger partial charge is 0.309 e. The molecular formula is C24H16N2O2. The number of hydrogen-bond donors (Lipinski definition) is 0. The molecule has 1 aromatic heterocycles. The van der Waals surface area contributed by atoms with Crippen LogP contribution in [0.25, 0.3) is 38.6 Å². The summed E-state index contributed by atoms with van der Waals surface area (Å²) in [7, 11) is 0. The summed E-state index contributed by atoms with van der Waals surface area (Å²) < 4.78 is 2.23. The third-order valence-electron chi connectivity index (χ3n) is 5.10. The number of fused-ring (bicyclic) bond motifs is 3. The third kappa shape index (κ3) is 2.47. The topological polar surface area (TPSA) is 48.1 Å². The van der Waals surface area contributed by atoms with E-state index < -0.39 is 0 Å². The van der Waals surface area contributed by atoms with Gasteiger partial charge >= 0.3 is 0 Å². The maximum atomic E-state index is 11.5. The van der Waals surface area contributed by atoms with Gasteiger partial charge in [0, 0.05) is 22.5 Å². The van der Waals surface area contributed by atoms with Crippen LogP contribution < -0.4 is 0 Å². The van der Waals surface area contributed by atoms with E-state index in [1.807, 2.05) is 48.5 Å². The Hall–Kier alpha value is -3.92. The van der Waals surface area contributed by atoms with Crippen molar-refractivity contribution < 1.29 is 4.92 Å². The molecule has 0 atom stereocenters. The zero-order chi connectivity index (χ0) is 19.1. The molecule has 4 aromatic carbocycles. The molecule has 0 bridgehead atoms. The minimum atomic E-state index is -0.327. The number of nitrogens with zero attached hydrogens (tertiary/aromatic N) is 2. The number of nitro benzene ring substituents is 1. The van der Waals surface area contributed by atoms with E-state index in [9.17, 15) is 10.1 Å². The van der Waals surface area contributed by atoms with Crippen LogP contribution in [-0.4, -0.2) is 9.49 Å². The minimum absolute atomic E-state index is 0.119. The van der Waals surface area contributed by atoms with Crippen LogP contribution in [0.1, 0.15) is 0 Å². The molecule has 0 amide bonds. The third-order valence-corrected chi connectivity index (χ3v) is 5.10. The van der Waals surface area contributed by atoms with Crippen molar-refractivity contribution in [3.05, 3.63) is 107 Å². The fraction of sp³-hybridized carbons (Fsp3) is 0. The molecular weight excluding hydrogens is 348 g/mol. The predicted octanol–water partition coefficient (Wildman–Crippen LogP) is 6.36. The van der Waals surface area contributed by atoms with E-state index in [0.717, 1.165) is 33.1 Å². The van der Waals surface area contributed by atoms with Gasteiger partial charge in [-0.25, -0.2) is 0 Å². The summed E-state index contributed by atoms with van der Waals surface area (Å²) in [6.45, 7) is 0. The van der Waals surface area contributed by atoms with Crippen molar-refractivity contribution in [3.63, 3.8) is 0 Å². The van der Waals surface area contributed by atoms with Gasteiger partial charge in [-0.1, -0.05) is 54.6 Å². The molecule has 0 aliphatic rings. The Labute approximate surface area is 161 Å². The maximum Gasteiger partial charge on any atom is 0.277 e. The monoisotopic (exact) mass is 364 g/mol. The van der Waals surface area contributed by atoms with Gasteiger partial charge in [-0.3, -0.25) is 10.1 Å². The first-order valence-corrected chi connectivity index (χ1v) is 9.06. The SMILES string of the molecule is O=[N+]([O-])c1ccccc1-c1ccc2c(c1)c1ccccc1n2-c1ccccc1. The molecule has 5 rings (SSSR count). The van der Waals surface area contributed by atoms with Gasteiger partial charge < -0.3 is 4.57 Å². The summed E-state index contributed by atoms with van der Waals surface area (Å²) >= 11 is 0. The average molecular weight is 364 g/mol. The van der Waals surface area contributed by atoms with Crippen LogP contribution in [0, 0.1) is 10.1 Å². The van der Waals surface area contributed by atoms with Crippen LogP contribution in [0.15, 0.2) is 97.1 Å². The lowest BCUT2D eigenvalue weighted by atomic mass is 10.0. The molecule has 0 fully saturated rings. The predicted molar refractivity (Wildman–Crippen MR) is 113 cm³/mol. The molecule has 28 heavy (non-hydrogen) atoms. The highest BCUT2D eigenvalue weighted by Gasteiger charge is 2.17. The lowest BCUT2D eigenvalue weighted by molar-refractivity contribution is -0.384. The molecule has 0 saturated heterocycles. The first kappa shape index (κ1) is 16.3. The van der Waals surface area contributed by atoms with E-state index >= 15 is 0 Å². The van der Waals surface area contributed by atoms with E-state index in [-0.39, 0.29) is 10.6 Å². The highest BCUT2D eigenvalue weighted by Crippen LogP contribution is 2.36. The Bertz CT molecular complexity index is 1340. The molecule has 5 aromatic rings. The molecule has 0 unspecified atom stereocenters. The number of para-hydroxylation sites is 3. The van der Waals surface area contributed by atoms with Crippen molar-refractivity contribution in [2.75, 3.05) is 0 Å². The zero-order valence-electron chi connectivity index (χ0n) is 14.9. The Morgan fingerprint density at radius 3 is 2.18 bits per heavy atom. The minimum Gasteiger partial charge on any atom is -0.309 e. The number of hydrogen-bond acceptors (Lipinski definition) is 2. The number of benzene rings is 4. The Balaban J connectivity index is 1.83. The van der Waals surface area contributed by atoms with Crippen LogP contribution >= 0.6 is 0 Å². The van der Waals surface area contributed by atoms with Crippen LogP contribution in [0.3, 0.4) is 0 Å². The summed E-state index contributed by atoms with van der Waals surface area (Å²) in [6.07, 6.45) is 0. The van der Waals surface area contributed by atoms with Gasteiger partial charge in [0.05, 0.1) is 21.5 Å². The first-order chi connectivity index (χ1) is 13.7. The van der Waals surface area contributed by atoms with Crippen LogP contribution in [0.2, 0.25) is 0 Å². The second kappa shape index (κ2) is 6.35. The summed E-state index contributed by atoms with van der Waals surface area (Å²) in [5.41, 5.74) is 4.88. The molecule has 1 heterocycles. The normalized spacial score (nSPS) is 11.1. The number of nitro groups is 1. The molecule has 0 saturated carbocycles. The van der Waals surface area contributed by atoms with Crippen molar-refractivity contribution in [3.8, 4) is 16.8 Å². The summed E-state index contributed by atoms with van der Waals surface area (Å²) in [5, 5.41) is 13.7. The second-order valence-electron chi connectivity index (χ2n) is 6.69. The fourth-order valence-electron chi connectivity index (χ4n) is 3.87. The van der Waals surface area contributed by atoms with Gasteiger partial charge in [-0.2, -0.15) is 0 Å². The van der Waals surface area contributed by atoms with Crippen LogP contribution in [0.4, 0.5) is 5.69 Å². The average Bonchev–Trinajstić information content (AvgIpc) is 3.08. The Morgan fingerprint density at radius 1 is 0.679 bits per heavy atom. The van der Waals surface area contributed by atoms with Crippen molar-refractivity contribution in [1.29, 1.82) is 0 Å². The van der Waals surface area contributed by atoms with E-state index in [0.29, 0.717) is 5.56 Å². The molecule has 4 heteroatoms. The van der Waals surface area contributed by atoms with Crippen molar-refractivity contribution in [1.82, 2.24) is 4.57 Å². The van der Waals surface area contributed by atoms with Crippen LogP contribution in [0.5, 0.6) is 0 Å². The van der Waals surface area contributed by atoms with Crippen LogP contribution in [-0.2, 0) is 0 Å². The van der Waals surface area contributed by atoms with Gasteiger partial charge in [0.1, 0.15) is 0 Å². The summed E-state index contributed by atoms with van der Waals surface area (Å²) in [6, 6.07) is 31.4. The van der Waals surface area contributed by atoms with E-state index in [1.54, 1.807) is 18.2 Å². The Kier molecular flexibility index (Phi) is 3.69. The van der Waals surface area contributed by atoms with E-state index in [2.05, 4.69) is 34.9 Å². The molecule has 0 N–H and O–H groups in total. The molecule has 0 radical (unpaired) electrons. The highest BCUT2D eigenvalue weighted by atomic mass is 16.6. The molecule has 0 aliphatic carbocycles. The lowest BCUT2D eigenvalue weighted by Crippen LogP contribution is -1.93. The van der Waals surface area contributed by atoms with Gasteiger partial charge in [0.25, 0.3) is 5.69 Å².